The first kappa shape index (κ1) is 24.4. The summed E-state index contributed by atoms with van der Waals surface area (Å²) in [5, 5.41) is 2.29. The molecule has 0 radical (unpaired) electrons. The molecular formula is C26H36N4O4. The lowest BCUT2D eigenvalue weighted by Crippen LogP contribution is -2.53. The summed E-state index contributed by atoms with van der Waals surface area (Å²) in [6.45, 7) is 4.29. The first-order valence-electron chi connectivity index (χ1n) is 12.5. The number of piperidine rings is 3. The fourth-order valence-corrected chi connectivity index (χ4v) is 5.61. The minimum absolute atomic E-state index is 0.196. The number of imide groups is 1. The van der Waals surface area contributed by atoms with Gasteiger partial charge in [0.15, 0.2) is 6.29 Å². The van der Waals surface area contributed by atoms with Crippen molar-refractivity contribution in [3.8, 4) is 0 Å². The summed E-state index contributed by atoms with van der Waals surface area (Å²) in [6.07, 6.45) is 7.36. The quantitative estimate of drug-likeness (QED) is 0.509. The van der Waals surface area contributed by atoms with Crippen molar-refractivity contribution in [3.63, 3.8) is 0 Å². The molecule has 0 aromatic heterocycles. The second kappa shape index (κ2) is 10.7. The fraction of sp³-hybridized carbons (Fsp3) is 0.615. The Bertz CT molecular complexity index is 933. The van der Waals surface area contributed by atoms with Crippen LogP contribution in [0.25, 0.3) is 0 Å². The molecule has 8 heteroatoms. The van der Waals surface area contributed by atoms with E-state index in [0.717, 1.165) is 43.5 Å². The molecule has 3 amide bonds. The highest BCUT2D eigenvalue weighted by molar-refractivity contribution is 6.06. The topological polar surface area (TPSA) is 90.0 Å². The minimum atomic E-state index is -0.719. The Morgan fingerprint density at radius 1 is 1.06 bits per heavy atom. The third-order valence-electron chi connectivity index (χ3n) is 7.88. The molecule has 0 aliphatic carbocycles. The Kier molecular flexibility index (Phi) is 7.66. The smallest absolute Gasteiger partial charge is 0.255 e. The van der Waals surface area contributed by atoms with Gasteiger partial charge in [0.1, 0.15) is 6.04 Å². The van der Waals surface area contributed by atoms with Gasteiger partial charge in [0.2, 0.25) is 11.8 Å². The molecule has 3 aliphatic rings. The number of carbonyl (C=O) groups excluding carboxylic acids is 4. The van der Waals surface area contributed by atoms with E-state index in [9.17, 15) is 19.2 Å². The average Bonchev–Trinajstić information content (AvgIpc) is 2.85. The van der Waals surface area contributed by atoms with Crippen molar-refractivity contribution in [1.82, 2.24) is 15.1 Å². The van der Waals surface area contributed by atoms with Crippen molar-refractivity contribution in [1.29, 1.82) is 0 Å². The van der Waals surface area contributed by atoms with E-state index in [1.165, 1.54) is 37.3 Å². The van der Waals surface area contributed by atoms with Gasteiger partial charge in [-0.1, -0.05) is 0 Å². The van der Waals surface area contributed by atoms with E-state index < -0.39 is 11.9 Å². The van der Waals surface area contributed by atoms with Gasteiger partial charge in [-0.2, -0.15) is 0 Å². The number of benzene rings is 1. The van der Waals surface area contributed by atoms with Crippen LogP contribution in [0.1, 0.15) is 65.7 Å². The maximum atomic E-state index is 13.3. The molecule has 3 saturated heterocycles. The molecule has 1 aromatic rings. The molecule has 4 rings (SSSR count). The van der Waals surface area contributed by atoms with Crippen molar-refractivity contribution in [2.24, 2.45) is 11.8 Å². The molecule has 184 valence electrons. The van der Waals surface area contributed by atoms with Crippen LogP contribution in [0.4, 0.5) is 5.69 Å². The monoisotopic (exact) mass is 468 g/mol. The highest BCUT2D eigenvalue weighted by Gasteiger charge is 2.33. The molecule has 3 heterocycles. The Morgan fingerprint density at radius 2 is 1.71 bits per heavy atom. The predicted octanol–water partition coefficient (Wildman–Crippen LogP) is 2.32. The molecule has 1 atom stereocenters. The molecular weight excluding hydrogens is 432 g/mol. The van der Waals surface area contributed by atoms with E-state index in [-0.39, 0.29) is 24.7 Å². The van der Waals surface area contributed by atoms with Crippen LogP contribution in [-0.4, -0.2) is 80.1 Å². The molecule has 8 nitrogen and oxygen atoms in total. The summed E-state index contributed by atoms with van der Waals surface area (Å²) in [7, 11) is 3.75. The summed E-state index contributed by atoms with van der Waals surface area (Å²) in [4.78, 5) is 54.7. The summed E-state index contributed by atoms with van der Waals surface area (Å²) in [5.74, 6) is 0.417. The first-order chi connectivity index (χ1) is 16.4. The molecule has 0 bridgehead atoms. The lowest BCUT2D eigenvalue weighted by molar-refractivity contribution is -0.136. The van der Waals surface area contributed by atoms with Gasteiger partial charge in [0.05, 0.1) is 5.56 Å². The van der Waals surface area contributed by atoms with Gasteiger partial charge >= 0.3 is 0 Å². The van der Waals surface area contributed by atoms with Gasteiger partial charge in [-0.25, -0.2) is 0 Å². The Labute approximate surface area is 201 Å². The van der Waals surface area contributed by atoms with E-state index in [1.807, 2.05) is 6.07 Å². The number of aldehydes is 1. The SMILES string of the molecule is CN1CCC(CC2CCN(c3ccc(C=O)c(C(=O)N(C)C4CCC(=O)NC4=O)c3)CC2)CC1. The summed E-state index contributed by atoms with van der Waals surface area (Å²) in [6, 6.07) is 4.66. The van der Waals surface area contributed by atoms with Gasteiger partial charge in [-0.3, -0.25) is 24.5 Å². The number of carbonyl (C=O) groups is 4. The van der Waals surface area contributed by atoms with Crippen LogP contribution in [0, 0.1) is 11.8 Å². The second-order valence-electron chi connectivity index (χ2n) is 10.2. The first-order valence-corrected chi connectivity index (χ1v) is 12.5. The molecule has 3 fully saturated rings. The van der Waals surface area contributed by atoms with Crippen molar-refractivity contribution >= 4 is 29.7 Å². The van der Waals surface area contributed by atoms with E-state index in [0.29, 0.717) is 17.4 Å². The normalized spacial score (nSPS) is 23.0. The number of amides is 3. The maximum absolute atomic E-state index is 13.3. The number of hydrogen-bond acceptors (Lipinski definition) is 6. The molecule has 0 saturated carbocycles. The average molecular weight is 469 g/mol. The molecule has 1 aromatic carbocycles. The van der Waals surface area contributed by atoms with Crippen molar-refractivity contribution in [2.75, 3.05) is 45.2 Å². The summed E-state index contributed by atoms with van der Waals surface area (Å²) in [5.41, 5.74) is 1.54. The number of hydrogen-bond donors (Lipinski definition) is 1. The van der Waals surface area contributed by atoms with Crippen LogP contribution in [0.15, 0.2) is 18.2 Å². The number of likely N-dealkylation sites (N-methyl/N-ethyl adjacent to an activating group) is 1. The zero-order chi connectivity index (χ0) is 24.2. The third kappa shape index (κ3) is 5.49. The number of nitrogens with one attached hydrogen (secondary N) is 1. The predicted molar refractivity (Wildman–Crippen MR) is 130 cm³/mol. The van der Waals surface area contributed by atoms with Gasteiger partial charge in [-0.05, 0) is 88.7 Å². The van der Waals surface area contributed by atoms with Crippen molar-refractivity contribution < 1.29 is 19.2 Å². The van der Waals surface area contributed by atoms with Gasteiger partial charge in [-0.15, -0.1) is 0 Å². The maximum Gasteiger partial charge on any atom is 0.255 e. The van der Waals surface area contributed by atoms with Crippen LogP contribution < -0.4 is 10.2 Å². The van der Waals surface area contributed by atoms with Gasteiger partial charge in [0, 0.05) is 37.8 Å². The van der Waals surface area contributed by atoms with Crippen molar-refractivity contribution in [2.45, 2.75) is 51.0 Å². The van der Waals surface area contributed by atoms with Crippen LogP contribution in [-0.2, 0) is 9.59 Å². The zero-order valence-electron chi connectivity index (χ0n) is 20.3. The van der Waals surface area contributed by atoms with E-state index in [4.69, 9.17) is 0 Å². The number of anilines is 1. The van der Waals surface area contributed by atoms with Crippen LogP contribution in [0.2, 0.25) is 0 Å². The molecule has 0 spiro atoms. The zero-order valence-corrected chi connectivity index (χ0v) is 20.3. The van der Waals surface area contributed by atoms with E-state index in [1.54, 1.807) is 19.2 Å². The van der Waals surface area contributed by atoms with Gasteiger partial charge < -0.3 is 14.7 Å². The molecule has 1 N–H and O–H groups in total. The van der Waals surface area contributed by atoms with Crippen LogP contribution >= 0.6 is 0 Å². The Balaban J connectivity index is 1.40. The van der Waals surface area contributed by atoms with Crippen molar-refractivity contribution in [3.05, 3.63) is 29.3 Å². The third-order valence-corrected chi connectivity index (χ3v) is 7.88. The van der Waals surface area contributed by atoms with Crippen LogP contribution in [0.5, 0.6) is 0 Å². The molecule has 3 aliphatic heterocycles. The lowest BCUT2D eigenvalue weighted by Gasteiger charge is -2.37. The summed E-state index contributed by atoms with van der Waals surface area (Å²) >= 11 is 0. The highest BCUT2D eigenvalue weighted by atomic mass is 16.2. The fourth-order valence-electron chi connectivity index (χ4n) is 5.61. The summed E-state index contributed by atoms with van der Waals surface area (Å²) < 4.78 is 0. The molecule has 34 heavy (non-hydrogen) atoms. The highest BCUT2D eigenvalue weighted by Crippen LogP contribution is 2.32. The Hall–Kier alpha value is -2.74. The lowest BCUT2D eigenvalue weighted by atomic mass is 9.83. The largest absolute Gasteiger partial charge is 0.371 e. The number of rotatable bonds is 6. The number of nitrogens with zero attached hydrogens (tertiary/aromatic N) is 3. The van der Waals surface area contributed by atoms with Gasteiger partial charge in [0.25, 0.3) is 5.91 Å². The second-order valence-corrected chi connectivity index (χ2v) is 10.2. The van der Waals surface area contributed by atoms with E-state index in [2.05, 4.69) is 22.2 Å². The standard InChI is InChI=1S/C26H36N4O4/c1-28-11-7-18(8-12-28)15-19-9-13-30(14-10-19)21-4-3-20(17-31)22(16-21)26(34)29(2)23-5-6-24(32)27-25(23)33/h3-4,16-19,23H,5-15H2,1-2H3,(H,27,32,33). The Morgan fingerprint density at radius 3 is 2.32 bits per heavy atom. The van der Waals surface area contributed by atoms with Crippen LogP contribution in [0.3, 0.4) is 0 Å². The number of likely N-dealkylation sites (tertiary alicyclic amines) is 1. The molecule has 1 unspecified atom stereocenters. The minimum Gasteiger partial charge on any atom is -0.371 e. The van der Waals surface area contributed by atoms with E-state index >= 15 is 0 Å².